The molecule has 0 amide bonds. The van der Waals surface area contributed by atoms with Crippen molar-refractivity contribution >= 4 is 35.1 Å². The minimum absolute atomic E-state index is 0.0841. The van der Waals surface area contributed by atoms with E-state index in [4.69, 9.17) is 21.1 Å². The zero-order valence-electron chi connectivity index (χ0n) is 25.0. The smallest absolute Gasteiger partial charge is 0.336 e. The Labute approximate surface area is 257 Å². The lowest BCUT2D eigenvalue weighted by Gasteiger charge is -2.59. The molecule has 1 aromatic rings. The SMILES string of the molecule is CC1=C(CO)C(=O)O[C@@H]([C@@H](C)[C@H]2CC[C@H]3[C@@H]4C[C@H]5O[C@]56[C@@H](O)[C@@H](Sc5ccc(Cl)cc5)CC(=O)[C@]6(C)[C@H]4CC[C@]23C)C1. The Morgan fingerprint density at radius 1 is 1.10 bits per heavy atom. The second kappa shape index (κ2) is 10.1. The summed E-state index contributed by atoms with van der Waals surface area (Å²) in [5, 5.41) is 21.9. The first-order valence-electron chi connectivity index (χ1n) is 15.8. The van der Waals surface area contributed by atoms with Crippen LogP contribution in [-0.2, 0) is 19.1 Å². The van der Waals surface area contributed by atoms with Crippen molar-refractivity contribution in [2.75, 3.05) is 6.61 Å². The first kappa shape index (κ1) is 29.3. The van der Waals surface area contributed by atoms with Gasteiger partial charge in [0, 0.05) is 28.0 Å². The first-order chi connectivity index (χ1) is 20.0. The van der Waals surface area contributed by atoms with Crippen LogP contribution in [0.25, 0.3) is 0 Å². The summed E-state index contributed by atoms with van der Waals surface area (Å²) in [7, 11) is 0. The van der Waals surface area contributed by atoms with Gasteiger partial charge in [-0.15, -0.1) is 11.8 Å². The van der Waals surface area contributed by atoms with Crippen molar-refractivity contribution in [3.63, 3.8) is 0 Å². The lowest BCUT2D eigenvalue weighted by Crippen LogP contribution is -2.67. The van der Waals surface area contributed by atoms with E-state index in [9.17, 15) is 19.8 Å². The van der Waals surface area contributed by atoms with Crippen LogP contribution in [0.5, 0.6) is 0 Å². The van der Waals surface area contributed by atoms with E-state index in [0.717, 1.165) is 42.6 Å². The van der Waals surface area contributed by atoms with E-state index in [1.54, 1.807) is 11.8 Å². The number of esters is 1. The van der Waals surface area contributed by atoms with Crippen LogP contribution in [0.3, 0.4) is 0 Å². The Morgan fingerprint density at radius 3 is 2.52 bits per heavy atom. The number of ether oxygens (including phenoxy) is 2. The molecule has 4 saturated carbocycles. The van der Waals surface area contributed by atoms with Crippen molar-refractivity contribution < 1.29 is 29.3 Å². The Bertz CT molecular complexity index is 1330. The summed E-state index contributed by atoms with van der Waals surface area (Å²) in [5.41, 5.74) is 0.00123. The van der Waals surface area contributed by atoms with Crippen molar-refractivity contribution in [2.45, 2.75) is 107 Å². The number of halogens is 1. The molecule has 0 bridgehead atoms. The maximum Gasteiger partial charge on any atom is 0.336 e. The van der Waals surface area contributed by atoms with E-state index in [2.05, 4.69) is 20.8 Å². The second-order valence-electron chi connectivity index (χ2n) is 14.5. The second-order valence-corrected chi connectivity index (χ2v) is 16.3. The van der Waals surface area contributed by atoms with Gasteiger partial charge in [0.2, 0.25) is 0 Å². The lowest BCUT2D eigenvalue weighted by molar-refractivity contribution is -0.165. The quantitative estimate of drug-likeness (QED) is 0.310. The number of hydrogen-bond donors (Lipinski definition) is 2. The third kappa shape index (κ3) is 3.95. The monoisotopic (exact) mass is 614 g/mol. The molecule has 1 aromatic carbocycles. The average Bonchev–Trinajstić information content (AvgIpc) is 3.59. The van der Waals surface area contributed by atoms with Gasteiger partial charge in [-0.25, -0.2) is 4.79 Å². The molecular formula is C34H43ClO6S. The number of hydrogen-bond acceptors (Lipinski definition) is 7. The van der Waals surface area contributed by atoms with E-state index in [1.807, 2.05) is 31.2 Å². The Hall–Kier alpha value is -1.38. The zero-order valence-corrected chi connectivity index (χ0v) is 26.5. The van der Waals surface area contributed by atoms with E-state index < -0.39 is 17.1 Å². The molecule has 7 rings (SSSR count). The minimum Gasteiger partial charge on any atom is -0.458 e. The minimum atomic E-state index is -0.781. The van der Waals surface area contributed by atoms with Crippen LogP contribution in [-0.4, -0.2) is 57.7 Å². The topological polar surface area (TPSA) is 96.4 Å². The molecule has 8 heteroatoms. The molecule has 1 spiro atoms. The van der Waals surface area contributed by atoms with Crippen molar-refractivity contribution in [1.82, 2.24) is 0 Å². The molecule has 0 radical (unpaired) electrons. The van der Waals surface area contributed by atoms with E-state index in [0.29, 0.717) is 41.2 Å². The maximum atomic E-state index is 14.2. The molecule has 12 atom stereocenters. The third-order valence-corrected chi connectivity index (χ3v) is 14.6. The molecule has 2 N–H and O–H groups in total. The number of cyclic esters (lactones) is 1. The van der Waals surface area contributed by atoms with Crippen molar-refractivity contribution in [1.29, 1.82) is 0 Å². The number of rotatable bonds is 5. The van der Waals surface area contributed by atoms with Gasteiger partial charge in [0.1, 0.15) is 17.5 Å². The highest BCUT2D eigenvalue weighted by Gasteiger charge is 2.82. The largest absolute Gasteiger partial charge is 0.458 e. The number of ketones is 1. The van der Waals surface area contributed by atoms with Crippen LogP contribution in [0.2, 0.25) is 5.02 Å². The number of carbonyl (C=O) groups excluding carboxylic acids is 2. The van der Waals surface area contributed by atoms with Crippen molar-refractivity contribution in [3.05, 3.63) is 40.4 Å². The van der Waals surface area contributed by atoms with Gasteiger partial charge in [0.05, 0.1) is 29.8 Å². The van der Waals surface area contributed by atoms with E-state index in [1.165, 1.54) is 0 Å². The number of Topliss-reactive ketones (excluding diaryl/α,β-unsaturated/α-hetero) is 1. The number of fused-ring (bicyclic) bond motifs is 4. The molecule has 0 unspecified atom stereocenters. The van der Waals surface area contributed by atoms with Gasteiger partial charge in [0.15, 0.2) is 0 Å². The van der Waals surface area contributed by atoms with Gasteiger partial charge >= 0.3 is 5.97 Å². The molecule has 0 aromatic heterocycles. The van der Waals surface area contributed by atoms with Crippen LogP contribution in [0.4, 0.5) is 0 Å². The average molecular weight is 615 g/mol. The Kier molecular flexibility index (Phi) is 7.03. The number of carbonyl (C=O) groups is 2. The van der Waals surface area contributed by atoms with Crippen molar-refractivity contribution in [2.24, 2.45) is 40.4 Å². The summed E-state index contributed by atoms with van der Waals surface area (Å²) < 4.78 is 12.4. The molecule has 228 valence electrons. The van der Waals surface area contributed by atoms with E-state index >= 15 is 0 Å². The summed E-state index contributed by atoms with van der Waals surface area (Å²) in [5.74, 6) is 1.60. The zero-order chi connectivity index (χ0) is 29.8. The van der Waals surface area contributed by atoms with Gasteiger partial charge in [-0.05, 0) is 105 Å². The fourth-order valence-corrected chi connectivity index (χ4v) is 12.2. The van der Waals surface area contributed by atoms with Crippen LogP contribution in [0, 0.1) is 40.4 Å². The third-order valence-electron chi connectivity index (χ3n) is 13.1. The number of aliphatic hydroxyl groups excluding tert-OH is 2. The van der Waals surface area contributed by atoms with Crippen LogP contribution in [0.1, 0.15) is 72.6 Å². The van der Waals surface area contributed by atoms with Gasteiger partial charge < -0.3 is 19.7 Å². The van der Waals surface area contributed by atoms with Crippen LogP contribution < -0.4 is 0 Å². The normalized spacial score (nSPS) is 46.7. The van der Waals surface area contributed by atoms with Crippen molar-refractivity contribution in [3.8, 4) is 0 Å². The fourth-order valence-electron chi connectivity index (χ4n) is 10.8. The fraction of sp³-hybridized carbons (Fsp3) is 0.706. The lowest BCUT2D eigenvalue weighted by atomic mass is 9.43. The van der Waals surface area contributed by atoms with Gasteiger partial charge in [-0.3, -0.25) is 4.79 Å². The molecular weight excluding hydrogens is 572 g/mol. The van der Waals surface area contributed by atoms with E-state index in [-0.39, 0.29) is 53.1 Å². The highest BCUT2D eigenvalue weighted by Crippen LogP contribution is 2.74. The Morgan fingerprint density at radius 2 is 1.83 bits per heavy atom. The maximum absolute atomic E-state index is 14.2. The molecule has 4 aliphatic carbocycles. The number of thioether (sulfide) groups is 1. The molecule has 1 saturated heterocycles. The number of aliphatic hydroxyl groups is 2. The highest BCUT2D eigenvalue weighted by atomic mass is 35.5. The van der Waals surface area contributed by atoms with Gasteiger partial charge in [-0.2, -0.15) is 0 Å². The van der Waals surface area contributed by atoms with Crippen LogP contribution >= 0.6 is 23.4 Å². The Balaban J connectivity index is 1.12. The molecule has 2 aliphatic heterocycles. The number of epoxide rings is 1. The van der Waals surface area contributed by atoms with Gasteiger partial charge in [0.25, 0.3) is 0 Å². The molecule has 5 fully saturated rings. The standard InChI is InChI=1S/C34H43ClO6S/c1-17-13-26(40-31(39)22(17)16-36)18(2)23-9-10-24-21-14-29-34(41-29)30(38)27(42-20-7-5-19(35)6-8-20)15-28(37)33(34,4)25(21)11-12-32(23,24)3/h5-8,18,21,23-27,29-30,36,38H,9-16H2,1-4H3/t18-,21-,23+,24-,25-,26+,27-,29+,30-,32+,33-,34-/m0/s1. The summed E-state index contributed by atoms with van der Waals surface area (Å²) in [6.45, 7) is 8.48. The molecule has 42 heavy (non-hydrogen) atoms. The molecule has 6 aliphatic rings. The summed E-state index contributed by atoms with van der Waals surface area (Å²) in [4.78, 5) is 27.8. The summed E-state index contributed by atoms with van der Waals surface area (Å²) in [6.07, 6.45) is 5.20. The summed E-state index contributed by atoms with van der Waals surface area (Å²) in [6, 6.07) is 7.60. The van der Waals surface area contributed by atoms with Gasteiger partial charge in [-0.1, -0.05) is 31.0 Å². The molecule has 2 heterocycles. The molecule has 6 nitrogen and oxygen atoms in total. The highest BCUT2D eigenvalue weighted by molar-refractivity contribution is 8.00. The first-order valence-corrected chi connectivity index (χ1v) is 17.0. The summed E-state index contributed by atoms with van der Waals surface area (Å²) >= 11 is 7.65. The number of benzene rings is 1. The predicted octanol–water partition coefficient (Wildman–Crippen LogP) is 6.00. The van der Waals surface area contributed by atoms with Crippen LogP contribution in [0.15, 0.2) is 40.3 Å². The predicted molar refractivity (Wildman–Crippen MR) is 161 cm³/mol.